The number of anilines is 3. The number of hydrogen-bond acceptors (Lipinski definition) is 7. The Morgan fingerprint density at radius 3 is 2.88 bits per heavy atom. The summed E-state index contributed by atoms with van der Waals surface area (Å²) in [6.45, 7) is 3.57. The number of benzene rings is 1. The van der Waals surface area contributed by atoms with Crippen molar-refractivity contribution in [3.05, 3.63) is 41.4 Å². The summed E-state index contributed by atoms with van der Waals surface area (Å²) in [7, 11) is 0. The van der Waals surface area contributed by atoms with E-state index < -0.39 is 0 Å². The molecule has 25 heavy (non-hydrogen) atoms. The number of amides is 1. The van der Waals surface area contributed by atoms with Crippen LogP contribution < -0.4 is 10.2 Å². The Kier molecular flexibility index (Phi) is 4.41. The Labute approximate surface area is 153 Å². The van der Waals surface area contributed by atoms with E-state index in [9.17, 15) is 4.79 Å². The summed E-state index contributed by atoms with van der Waals surface area (Å²) in [5, 5.41) is 14.6. The third-order valence-corrected chi connectivity index (χ3v) is 5.59. The van der Waals surface area contributed by atoms with E-state index in [4.69, 9.17) is 0 Å². The van der Waals surface area contributed by atoms with Gasteiger partial charge in [0.05, 0.1) is 11.4 Å². The second kappa shape index (κ2) is 6.85. The Hall–Kier alpha value is -2.39. The van der Waals surface area contributed by atoms with Crippen LogP contribution in [-0.4, -0.2) is 38.0 Å². The molecule has 0 aliphatic carbocycles. The number of nitrogens with one attached hydrogen (secondary N) is 1. The van der Waals surface area contributed by atoms with E-state index in [1.54, 1.807) is 0 Å². The van der Waals surface area contributed by atoms with Gasteiger partial charge in [0.15, 0.2) is 10.3 Å². The molecule has 0 spiro atoms. The van der Waals surface area contributed by atoms with Crippen molar-refractivity contribution in [2.24, 2.45) is 0 Å². The first-order chi connectivity index (χ1) is 12.2. The fourth-order valence-electron chi connectivity index (χ4n) is 2.63. The highest BCUT2D eigenvalue weighted by molar-refractivity contribution is 7.99. The second-order valence-electron chi connectivity index (χ2n) is 5.55. The van der Waals surface area contributed by atoms with Gasteiger partial charge in [0, 0.05) is 24.2 Å². The van der Waals surface area contributed by atoms with Crippen molar-refractivity contribution >= 4 is 45.8 Å². The Morgan fingerprint density at radius 2 is 2.12 bits per heavy atom. The summed E-state index contributed by atoms with van der Waals surface area (Å²) in [6.07, 6.45) is 0. The average Bonchev–Trinajstić information content (AvgIpc) is 3.31. The molecule has 0 saturated carbocycles. The largest absolute Gasteiger partial charge is 0.309 e. The molecule has 0 fully saturated rings. The van der Waals surface area contributed by atoms with Crippen LogP contribution in [0.4, 0.5) is 16.8 Å². The summed E-state index contributed by atoms with van der Waals surface area (Å²) >= 11 is 2.82. The minimum absolute atomic E-state index is 0.0883. The lowest BCUT2D eigenvalue weighted by molar-refractivity contribution is -0.113. The number of hydrogen-bond donors (Lipinski definition) is 1. The maximum atomic E-state index is 12.1. The molecule has 4 rings (SSSR count). The van der Waals surface area contributed by atoms with Crippen molar-refractivity contribution in [2.75, 3.05) is 22.5 Å². The summed E-state index contributed by atoms with van der Waals surface area (Å²) in [5.41, 5.74) is 2.01. The molecular formula is C16H16N6OS2. The van der Waals surface area contributed by atoms with Crippen molar-refractivity contribution in [2.45, 2.75) is 18.6 Å². The van der Waals surface area contributed by atoms with Crippen molar-refractivity contribution in [3.8, 4) is 0 Å². The Bertz CT molecular complexity index is 891. The highest BCUT2D eigenvalue weighted by Crippen LogP contribution is 2.31. The van der Waals surface area contributed by atoms with E-state index in [1.807, 2.05) is 30.5 Å². The van der Waals surface area contributed by atoms with Gasteiger partial charge in [-0.15, -0.1) is 21.5 Å². The van der Waals surface area contributed by atoms with Crippen LogP contribution in [0.1, 0.15) is 5.69 Å². The van der Waals surface area contributed by atoms with E-state index in [1.165, 1.54) is 23.1 Å². The molecule has 1 aliphatic rings. The minimum atomic E-state index is -0.0883. The molecule has 0 bridgehead atoms. The predicted molar refractivity (Wildman–Crippen MR) is 99.7 cm³/mol. The van der Waals surface area contributed by atoms with Crippen LogP contribution in [0.3, 0.4) is 0 Å². The molecule has 3 heterocycles. The molecule has 0 saturated heterocycles. The normalized spacial score (nSPS) is 13.1. The number of nitrogens with zero attached hydrogens (tertiary/aromatic N) is 5. The van der Waals surface area contributed by atoms with Gasteiger partial charge in [-0.25, -0.2) is 4.98 Å². The van der Waals surface area contributed by atoms with Crippen molar-refractivity contribution < 1.29 is 4.79 Å². The van der Waals surface area contributed by atoms with E-state index >= 15 is 0 Å². The standard InChI is InChI=1S/C16H16N6OS2/c1-11-9-24-14(17-11)18-13(23)10-25-16-20-19-15-21(7-8-22(15)16)12-5-3-2-4-6-12/h2-6,9H,7-8,10H2,1H3,(H,17,18,23). The summed E-state index contributed by atoms with van der Waals surface area (Å²) in [5.74, 6) is 1.02. The Balaban J connectivity index is 1.41. The fourth-order valence-corrected chi connectivity index (χ4v) is 4.10. The summed E-state index contributed by atoms with van der Waals surface area (Å²) in [6, 6.07) is 10.1. The Morgan fingerprint density at radius 1 is 1.28 bits per heavy atom. The molecule has 9 heteroatoms. The zero-order valence-corrected chi connectivity index (χ0v) is 15.2. The molecule has 1 aliphatic heterocycles. The molecule has 3 aromatic rings. The molecular weight excluding hydrogens is 356 g/mol. The molecule has 1 N–H and O–H groups in total. The number of para-hydroxylation sites is 1. The highest BCUT2D eigenvalue weighted by atomic mass is 32.2. The second-order valence-corrected chi connectivity index (χ2v) is 7.35. The number of carbonyl (C=O) groups is 1. The van der Waals surface area contributed by atoms with E-state index in [0.29, 0.717) is 5.13 Å². The molecule has 2 aromatic heterocycles. The van der Waals surface area contributed by atoms with E-state index in [2.05, 4.69) is 42.1 Å². The number of rotatable bonds is 5. The van der Waals surface area contributed by atoms with Crippen LogP contribution >= 0.6 is 23.1 Å². The molecule has 0 radical (unpaired) electrons. The van der Waals surface area contributed by atoms with Crippen molar-refractivity contribution in [1.29, 1.82) is 0 Å². The number of fused-ring (bicyclic) bond motifs is 1. The van der Waals surface area contributed by atoms with Gasteiger partial charge in [0.1, 0.15) is 0 Å². The molecule has 0 unspecified atom stereocenters. The lowest BCUT2D eigenvalue weighted by Gasteiger charge is -2.14. The lowest BCUT2D eigenvalue weighted by atomic mass is 10.3. The molecule has 7 nitrogen and oxygen atoms in total. The fraction of sp³-hybridized carbons (Fsp3) is 0.250. The van der Waals surface area contributed by atoms with Gasteiger partial charge >= 0.3 is 0 Å². The predicted octanol–water partition coefficient (Wildman–Crippen LogP) is 2.93. The number of thiazole rings is 1. The topological polar surface area (TPSA) is 75.9 Å². The van der Waals surface area contributed by atoms with E-state index in [-0.39, 0.29) is 11.7 Å². The third-order valence-electron chi connectivity index (χ3n) is 3.75. The monoisotopic (exact) mass is 372 g/mol. The number of thioether (sulfide) groups is 1. The smallest absolute Gasteiger partial charge is 0.236 e. The minimum Gasteiger partial charge on any atom is -0.309 e. The first-order valence-electron chi connectivity index (χ1n) is 7.81. The highest BCUT2D eigenvalue weighted by Gasteiger charge is 2.26. The van der Waals surface area contributed by atoms with Gasteiger partial charge in [-0.2, -0.15) is 0 Å². The number of aromatic nitrogens is 4. The van der Waals surface area contributed by atoms with Crippen LogP contribution in [0.25, 0.3) is 0 Å². The van der Waals surface area contributed by atoms with Gasteiger partial charge in [-0.1, -0.05) is 30.0 Å². The van der Waals surface area contributed by atoms with Crippen LogP contribution in [-0.2, 0) is 11.3 Å². The summed E-state index contributed by atoms with van der Waals surface area (Å²) in [4.78, 5) is 18.4. The maximum absolute atomic E-state index is 12.1. The first-order valence-corrected chi connectivity index (χ1v) is 9.68. The maximum Gasteiger partial charge on any atom is 0.236 e. The summed E-state index contributed by atoms with van der Waals surface area (Å²) < 4.78 is 2.05. The van der Waals surface area contributed by atoms with Crippen LogP contribution in [0.5, 0.6) is 0 Å². The number of carbonyl (C=O) groups excluding carboxylic acids is 1. The third kappa shape index (κ3) is 3.38. The van der Waals surface area contributed by atoms with E-state index in [0.717, 1.165) is 35.6 Å². The van der Waals surface area contributed by atoms with Gasteiger partial charge in [-0.05, 0) is 19.1 Å². The number of aryl methyl sites for hydroxylation is 1. The lowest BCUT2D eigenvalue weighted by Crippen LogP contribution is -2.14. The van der Waals surface area contributed by atoms with Gasteiger partial charge in [-0.3, -0.25) is 9.36 Å². The van der Waals surface area contributed by atoms with Crippen LogP contribution in [0, 0.1) is 6.92 Å². The zero-order chi connectivity index (χ0) is 17.2. The van der Waals surface area contributed by atoms with Gasteiger partial charge in [0.2, 0.25) is 11.9 Å². The molecule has 1 aromatic carbocycles. The first kappa shape index (κ1) is 16.1. The van der Waals surface area contributed by atoms with Crippen LogP contribution in [0.2, 0.25) is 0 Å². The molecule has 1 amide bonds. The van der Waals surface area contributed by atoms with Crippen molar-refractivity contribution in [3.63, 3.8) is 0 Å². The molecule has 128 valence electrons. The van der Waals surface area contributed by atoms with Crippen LogP contribution in [0.15, 0.2) is 40.9 Å². The van der Waals surface area contributed by atoms with Crippen molar-refractivity contribution in [1.82, 2.24) is 19.7 Å². The average molecular weight is 372 g/mol. The molecule has 0 atom stereocenters. The van der Waals surface area contributed by atoms with Gasteiger partial charge < -0.3 is 10.2 Å². The van der Waals surface area contributed by atoms with Gasteiger partial charge in [0.25, 0.3) is 0 Å². The quantitative estimate of drug-likeness (QED) is 0.694. The SMILES string of the molecule is Cc1csc(NC(=O)CSc2nnc3n2CCN3c2ccccc2)n1. The zero-order valence-electron chi connectivity index (χ0n) is 13.5.